The summed E-state index contributed by atoms with van der Waals surface area (Å²) in [7, 11) is 2.75. The maximum Gasteiger partial charge on any atom is 0.461 e. The molecule has 1 aromatic heterocycles. The van der Waals surface area contributed by atoms with Crippen LogP contribution in [0.4, 0.5) is 27.8 Å². The van der Waals surface area contributed by atoms with E-state index in [1.807, 2.05) is 0 Å². The minimum atomic E-state index is -5.77. The molecule has 0 aliphatic carbocycles. The summed E-state index contributed by atoms with van der Waals surface area (Å²) in [4.78, 5) is 6.61. The zero-order valence-electron chi connectivity index (χ0n) is 10.9. The van der Waals surface area contributed by atoms with Crippen molar-refractivity contribution in [1.29, 1.82) is 0 Å². The Morgan fingerprint density at radius 1 is 1.10 bits per heavy atom. The number of methoxy groups -OCH3 is 1. The molecule has 0 unspecified atom stereocenters. The van der Waals surface area contributed by atoms with Crippen molar-refractivity contribution >= 4 is 16.7 Å². The molecule has 1 aromatic carbocycles. The molecule has 114 valence electrons. The minimum Gasteiger partial charge on any atom is -0.497 e. The number of aromatic nitrogens is 2. The van der Waals surface area contributed by atoms with Crippen LogP contribution in [0.1, 0.15) is 5.82 Å². The van der Waals surface area contributed by atoms with Crippen LogP contribution in [0.3, 0.4) is 0 Å². The molecular formula is C12H10F5N3O. The highest BCUT2D eigenvalue weighted by atomic mass is 19.4. The van der Waals surface area contributed by atoms with Gasteiger partial charge in [-0.3, -0.25) is 0 Å². The van der Waals surface area contributed by atoms with E-state index in [4.69, 9.17) is 4.74 Å². The number of fused-ring (bicyclic) bond motifs is 1. The smallest absolute Gasteiger partial charge is 0.461 e. The van der Waals surface area contributed by atoms with Gasteiger partial charge in [-0.05, 0) is 18.2 Å². The number of rotatable bonds is 3. The van der Waals surface area contributed by atoms with Crippen molar-refractivity contribution in [2.45, 2.75) is 12.1 Å². The average molecular weight is 307 g/mol. The second kappa shape index (κ2) is 4.97. The van der Waals surface area contributed by atoms with Crippen LogP contribution < -0.4 is 10.1 Å². The number of halogens is 5. The fraction of sp³-hybridized carbons (Fsp3) is 0.333. The van der Waals surface area contributed by atoms with E-state index in [0.717, 1.165) is 0 Å². The van der Waals surface area contributed by atoms with E-state index in [1.54, 1.807) is 0 Å². The van der Waals surface area contributed by atoms with Gasteiger partial charge in [-0.25, -0.2) is 9.97 Å². The molecule has 0 bridgehead atoms. The number of nitrogens with one attached hydrogen (secondary N) is 1. The topological polar surface area (TPSA) is 47.0 Å². The number of benzene rings is 1. The van der Waals surface area contributed by atoms with Crippen molar-refractivity contribution in [2.75, 3.05) is 19.5 Å². The molecule has 0 aliphatic heterocycles. The molecule has 0 aliphatic rings. The van der Waals surface area contributed by atoms with Gasteiger partial charge in [-0.15, -0.1) is 0 Å². The zero-order chi connectivity index (χ0) is 15.8. The van der Waals surface area contributed by atoms with Gasteiger partial charge in [-0.2, -0.15) is 22.0 Å². The summed E-state index contributed by atoms with van der Waals surface area (Å²) in [6.45, 7) is 0. The molecule has 21 heavy (non-hydrogen) atoms. The lowest BCUT2D eigenvalue weighted by molar-refractivity contribution is -0.292. The van der Waals surface area contributed by atoms with Crippen molar-refractivity contribution in [2.24, 2.45) is 0 Å². The van der Waals surface area contributed by atoms with Crippen LogP contribution in [0.5, 0.6) is 5.75 Å². The van der Waals surface area contributed by atoms with Gasteiger partial charge in [-0.1, -0.05) is 0 Å². The zero-order valence-corrected chi connectivity index (χ0v) is 10.9. The van der Waals surface area contributed by atoms with Crippen molar-refractivity contribution in [3.8, 4) is 5.75 Å². The largest absolute Gasteiger partial charge is 0.497 e. The van der Waals surface area contributed by atoms with Crippen LogP contribution in [0, 0.1) is 0 Å². The monoisotopic (exact) mass is 307 g/mol. The highest BCUT2D eigenvalue weighted by Crippen LogP contribution is 2.43. The first kappa shape index (κ1) is 15.2. The molecule has 0 amide bonds. The van der Waals surface area contributed by atoms with Crippen LogP contribution in [-0.2, 0) is 5.92 Å². The Balaban J connectivity index is 2.69. The predicted molar refractivity (Wildman–Crippen MR) is 65.6 cm³/mol. The van der Waals surface area contributed by atoms with Crippen LogP contribution in [-0.4, -0.2) is 30.3 Å². The Hall–Kier alpha value is -2.19. The number of nitrogens with zero attached hydrogens (tertiary/aromatic N) is 2. The standard InChI is InChI=1S/C12H10F5N3O/c1-18-9-7-5-6(21-2)3-4-8(7)19-10(20-9)11(13,14)12(15,16)17/h3-5H,1-2H3,(H,18,19,20). The van der Waals surface area contributed by atoms with Gasteiger partial charge in [0, 0.05) is 12.4 Å². The van der Waals surface area contributed by atoms with Gasteiger partial charge in [0.1, 0.15) is 11.6 Å². The molecule has 1 heterocycles. The van der Waals surface area contributed by atoms with Gasteiger partial charge < -0.3 is 10.1 Å². The van der Waals surface area contributed by atoms with Gasteiger partial charge in [0.05, 0.1) is 12.6 Å². The van der Waals surface area contributed by atoms with Crippen molar-refractivity contribution in [3.05, 3.63) is 24.0 Å². The lowest BCUT2D eigenvalue weighted by atomic mass is 10.2. The maximum atomic E-state index is 13.4. The van der Waals surface area contributed by atoms with Crippen LogP contribution >= 0.6 is 0 Å². The molecule has 0 fully saturated rings. The van der Waals surface area contributed by atoms with Gasteiger partial charge in [0.15, 0.2) is 0 Å². The summed E-state index contributed by atoms with van der Waals surface area (Å²) in [5, 5.41) is 2.75. The summed E-state index contributed by atoms with van der Waals surface area (Å²) in [5.74, 6) is -6.47. The summed E-state index contributed by atoms with van der Waals surface area (Å²) in [6.07, 6.45) is -5.77. The molecule has 0 atom stereocenters. The third-order valence-electron chi connectivity index (χ3n) is 2.78. The lowest BCUT2D eigenvalue weighted by Crippen LogP contribution is -2.35. The van der Waals surface area contributed by atoms with Crippen LogP contribution in [0.2, 0.25) is 0 Å². The summed E-state index contributed by atoms with van der Waals surface area (Å²) in [5.41, 5.74) is -0.0472. The van der Waals surface area contributed by atoms with Crippen molar-refractivity contribution in [1.82, 2.24) is 9.97 Å². The molecule has 2 aromatic rings. The van der Waals surface area contributed by atoms with Gasteiger partial charge in [0.2, 0.25) is 5.82 Å². The molecule has 9 heteroatoms. The van der Waals surface area contributed by atoms with Gasteiger partial charge in [0.25, 0.3) is 0 Å². The first-order valence-corrected chi connectivity index (χ1v) is 5.69. The molecule has 2 rings (SSSR count). The quantitative estimate of drug-likeness (QED) is 0.884. The van der Waals surface area contributed by atoms with E-state index < -0.39 is 17.9 Å². The SMILES string of the molecule is CNc1nc(C(F)(F)C(F)(F)F)nc2ccc(OC)cc12. The van der Waals surface area contributed by atoms with E-state index in [1.165, 1.54) is 32.4 Å². The number of ether oxygens (including phenoxy) is 1. The lowest BCUT2D eigenvalue weighted by Gasteiger charge is -2.19. The van der Waals surface area contributed by atoms with Crippen molar-refractivity contribution in [3.63, 3.8) is 0 Å². The highest BCUT2D eigenvalue weighted by Gasteiger charge is 2.61. The second-order valence-corrected chi connectivity index (χ2v) is 4.10. The Labute approximate surface area is 116 Å². The number of anilines is 1. The van der Waals surface area contributed by atoms with Gasteiger partial charge >= 0.3 is 12.1 Å². The van der Waals surface area contributed by atoms with E-state index in [9.17, 15) is 22.0 Å². The molecular weight excluding hydrogens is 297 g/mol. The first-order chi connectivity index (χ1) is 9.70. The van der Waals surface area contributed by atoms with E-state index in [2.05, 4.69) is 15.3 Å². The minimum absolute atomic E-state index is 0.0472. The normalized spacial score (nSPS) is 12.5. The molecule has 4 nitrogen and oxygen atoms in total. The summed E-state index contributed by atoms with van der Waals surface area (Å²) >= 11 is 0. The van der Waals surface area contributed by atoms with E-state index in [-0.39, 0.29) is 16.7 Å². The molecule has 1 N–H and O–H groups in total. The summed E-state index contributed by atoms with van der Waals surface area (Å²) < 4.78 is 68.9. The fourth-order valence-electron chi connectivity index (χ4n) is 1.69. The van der Waals surface area contributed by atoms with Crippen molar-refractivity contribution < 1.29 is 26.7 Å². The number of hydrogen-bond donors (Lipinski definition) is 1. The Morgan fingerprint density at radius 3 is 2.29 bits per heavy atom. The predicted octanol–water partition coefficient (Wildman–Crippen LogP) is 3.33. The van der Waals surface area contributed by atoms with Crippen LogP contribution in [0.25, 0.3) is 10.9 Å². The van der Waals surface area contributed by atoms with E-state index in [0.29, 0.717) is 5.75 Å². The van der Waals surface area contributed by atoms with Crippen LogP contribution in [0.15, 0.2) is 18.2 Å². The van der Waals surface area contributed by atoms with E-state index >= 15 is 0 Å². The third kappa shape index (κ3) is 2.55. The molecule has 0 radical (unpaired) electrons. The Kier molecular flexibility index (Phi) is 3.60. The maximum absolute atomic E-state index is 13.4. The number of hydrogen-bond acceptors (Lipinski definition) is 4. The molecule has 0 spiro atoms. The average Bonchev–Trinajstić information content (AvgIpc) is 2.44. The first-order valence-electron chi connectivity index (χ1n) is 5.69. The summed E-state index contributed by atoms with van der Waals surface area (Å²) in [6, 6.07) is 4.13. The Bertz CT molecular complexity index is 672. The highest BCUT2D eigenvalue weighted by molar-refractivity contribution is 5.90. The molecule has 0 saturated carbocycles. The Morgan fingerprint density at radius 2 is 1.76 bits per heavy atom. The number of alkyl halides is 5. The molecule has 0 saturated heterocycles. The second-order valence-electron chi connectivity index (χ2n) is 4.10. The third-order valence-corrected chi connectivity index (χ3v) is 2.78. The fourth-order valence-corrected chi connectivity index (χ4v) is 1.69.